The highest BCUT2D eigenvalue weighted by Crippen LogP contribution is 2.38. The van der Waals surface area contributed by atoms with Crippen LogP contribution in [0, 0.1) is 11.3 Å². The van der Waals surface area contributed by atoms with E-state index in [9.17, 15) is 4.79 Å². The van der Waals surface area contributed by atoms with Gasteiger partial charge in [-0.25, -0.2) is 4.98 Å². The van der Waals surface area contributed by atoms with E-state index in [-0.39, 0.29) is 5.91 Å². The molecule has 1 aliphatic carbocycles. The molecule has 0 saturated carbocycles. The SMILES string of the molecule is CC(C)(C)C1CCc2nc3sc(C(=O)NC4=C(N)CNC=C4)cc3cc2C1. The summed E-state index contributed by atoms with van der Waals surface area (Å²) in [6, 6.07) is 4.19. The normalized spacial score (nSPS) is 19.7. The molecule has 0 saturated heterocycles. The molecular formula is C21H26N4OS. The monoisotopic (exact) mass is 382 g/mol. The number of hydrogen-bond donors (Lipinski definition) is 3. The van der Waals surface area contributed by atoms with Crippen LogP contribution < -0.4 is 16.4 Å². The van der Waals surface area contributed by atoms with Gasteiger partial charge in [-0.15, -0.1) is 11.3 Å². The molecule has 6 heteroatoms. The van der Waals surface area contributed by atoms with E-state index in [1.165, 1.54) is 29.0 Å². The zero-order valence-corrected chi connectivity index (χ0v) is 16.9. The first-order valence-corrected chi connectivity index (χ1v) is 10.2. The van der Waals surface area contributed by atoms with Gasteiger partial charge in [-0.2, -0.15) is 0 Å². The van der Waals surface area contributed by atoms with Gasteiger partial charge >= 0.3 is 0 Å². The first-order valence-electron chi connectivity index (χ1n) is 9.43. The first-order chi connectivity index (χ1) is 12.8. The van der Waals surface area contributed by atoms with E-state index in [1.807, 2.05) is 6.07 Å². The van der Waals surface area contributed by atoms with Crippen LogP contribution in [0.25, 0.3) is 10.2 Å². The molecule has 5 nitrogen and oxygen atoms in total. The Morgan fingerprint density at radius 3 is 2.93 bits per heavy atom. The predicted molar refractivity (Wildman–Crippen MR) is 110 cm³/mol. The molecule has 27 heavy (non-hydrogen) atoms. The minimum absolute atomic E-state index is 0.131. The molecule has 0 aromatic carbocycles. The maximum atomic E-state index is 12.7. The van der Waals surface area contributed by atoms with Gasteiger partial charge in [0.15, 0.2) is 0 Å². The molecule has 1 unspecified atom stereocenters. The van der Waals surface area contributed by atoms with Crippen molar-refractivity contribution in [3.63, 3.8) is 0 Å². The lowest BCUT2D eigenvalue weighted by atomic mass is 9.71. The summed E-state index contributed by atoms with van der Waals surface area (Å²) in [7, 11) is 0. The number of carbonyl (C=O) groups is 1. The van der Waals surface area contributed by atoms with Crippen molar-refractivity contribution in [1.29, 1.82) is 0 Å². The lowest BCUT2D eigenvalue weighted by Crippen LogP contribution is -2.30. The third-order valence-corrected chi connectivity index (χ3v) is 6.62. The molecule has 4 rings (SSSR count). The molecular weight excluding hydrogens is 356 g/mol. The van der Waals surface area contributed by atoms with Crippen molar-refractivity contribution in [2.24, 2.45) is 17.1 Å². The Hall–Kier alpha value is -2.34. The highest BCUT2D eigenvalue weighted by molar-refractivity contribution is 7.20. The summed E-state index contributed by atoms with van der Waals surface area (Å²) in [6.45, 7) is 7.49. The van der Waals surface area contributed by atoms with E-state index >= 15 is 0 Å². The zero-order chi connectivity index (χ0) is 19.2. The van der Waals surface area contributed by atoms with Gasteiger partial charge in [0, 0.05) is 11.1 Å². The van der Waals surface area contributed by atoms with E-state index in [4.69, 9.17) is 10.7 Å². The Morgan fingerprint density at radius 1 is 1.37 bits per heavy atom. The van der Waals surface area contributed by atoms with Crippen molar-refractivity contribution in [3.05, 3.63) is 51.9 Å². The molecule has 0 fully saturated rings. The number of rotatable bonds is 2. The van der Waals surface area contributed by atoms with Crippen LogP contribution >= 0.6 is 11.3 Å². The lowest BCUT2D eigenvalue weighted by molar-refractivity contribution is 0.0970. The number of carbonyl (C=O) groups excluding carboxylic acids is 1. The molecule has 0 radical (unpaired) electrons. The molecule has 4 N–H and O–H groups in total. The Balaban J connectivity index is 1.60. The van der Waals surface area contributed by atoms with Crippen molar-refractivity contribution < 1.29 is 4.79 Å². The van der Waals surface area contributed by atoms with Crippen molar-refractivity contribution in [1.82, 2.24) is 15.6 Å². The first kappa shape index (κ1) is 18.0. The molecule has 0 bridgehead atoms. The third kappa shape index (κ3) is 3.58. The highest BCUT2D eigenvalue weighted by atomic mass is 32.1. The molecule has 1 amide bonds. The van der Waals surface area contributed by atoms with Crippen LogP contribution in [0.3, 0.4) is 0 Å². The number of nitrogens with two attached hydrogens (primary N) is 1. The van der Waals surface area contributed by atoms with Gasteiger partial charge in [0.2, 0.25) is 0 Å². The fourth-order valence-corrected chi connectivity index (χ4v) is 4.72. The second kappa shape index (κ2) is 6.68. The number of hydrogen-bond acceptors (Lipinski definition) is 5. The van der Waals surface area contributed by atoms with Crippen LogP contribution in [0.5, 0.6) is 0 Å². The molecule has 3 heterocycles. The minimum Gasteiger partial charge on any atom is -0.399 e. The Morgan fingerprint density at radius 2 is 2.19 bits per heavy atom. The van der Waals surface area contributed by atoms with Gasteiger partial charge in [-0.3, -0.25) is 4.79 Å². The van der Waals surface area contributed by atoms with Gasteiger partial charge in [0.1, 0.15) is 4.83 Å². The van der Waals surface area contributed by atoms with Crippen molar-refractivity contribution >= 4 is 27.5 Å². The Bertz CT molecular complexity index is 964. The average molecular weight is 383 g/mol. The number of fused-ring (bicyclic) bond motifs is 2. The number of nitrogens with zero attached hydrogens (tertiary/aromatic N) is 1. The second-order valence-corrected chi connectivity index (χ2v) is 9.54. The quantitative estimate of drug-likeness (QED) is 0.743. The zero-order valence-electron chi connectivity index (χ0n) is 16.1. The van der Waals surface area contributed by atoms with Gasteiger partial charge < -0.3 is 16.4 Å². The number of thiophene rings is 1. The van der Waals surface area contributed by atoms with Crippen molar-refractivity contribution in [3.8, 4) is 0 Å². The number of amides is 1. The average Bonchev–Trinajstić information content (AvgIpc) is 3.03. The number of allylic oxidation sites excluding steroid dienone is 1. The van der Waals surface area contributed by atoms with Gasteiger partial charge in [0.05, 0.1) is 22.8 Å². The molecule has 2 aliphatic rings. The molecule has 2 aromatic heterocycles. The van der Waals surface area contributed by atoms with E-state index in [0.29, 0.717) is 34.1 Å². The van der Waals surface area contributed by atoms with Gasteiger partial charge in [-0.05, 0) is 60.6 Å². The topological polar surface area (TPSA) is 80.0 Å². The second-order valence-electron chi connectivity index (χ2n) is 8.51. The Labute approximate surface area is 163 Å². The summed E-state index contributed by atoms with van der Waals surface area (Å²) in [4.78, 5) is 19.1. The maximum absolute atomic E-state index is 12.7. The van der Waals surface area contributed by atoms with Crippen LogP contribution in [0.2, 0.25) is 0 Å². The predicted octanol–water partition coefficient (Wildman–Crippen LogP) is 3.46. The van der Waals surface area contributed by atoms with Crippen molar-refractivity contribution in [2.45, 2.75) is 40.0 Å². The third-order valence-electron chi connectivity index (χ3n) is 5.58. The lowest BCUT2D eigenvalue weighted by Gasteiger charge is -2.34. The summed E-state index contributed by atoms with van der Waals surface area (Å²) >= 11 is 1.45. The van der Waals surface area contributed by atoms with Crippen LogP contribution in [0.1, 0.15) is 48.1 Å². The molecule has 1 atom stereocenters. The summed E-state index contributed by atoms with van der Waals surface area (Å²) in [5.74, 6) is 0.542. The van der Waals surface area contributed by atoms with E-state index in [1.54, 1.807) is 12.3 Å². The van der Waals surface area contributed by atoms with E-state index in [2.05, 4.69) is 37.5 Å². The Kier molecular flexibility index (Phi) is 4.46. The van der Waals surface area contributed by atoms with E-state index in [0.717, 1.165) is 23.1 Å². The van der Waals surface area contributed by atoms with Crippen LogP contribution in [-0.4, -0.2) is 17.4 Å². The largest absolute Gasteiger partial charge is 0.399 e. The maximum Gasteiger partial charge on any atom is 0.265 e. The highest BCUT2D eigenvalue weighted by Gasteiger charge is 2.29. The molecule has 1 aliphatic heterocycles. The summed E-state index contributed by atoms with van der Waals surface area (Å²) in [5, 5.41) is 6.99. The van der Waals surface area contributed by atoms with Crippen molar-refractivity contribution in [2.75, 3.05) is 6.54 Å². The number of pyridine rings is 1. The van der Waals surface area contributed by atoms with Crippen LogP contribution in [0.4, 0.5) is 0 Å². The number of aromatic nitrogens is 1. The number of nitrogens with one attached hydrogen (secondary N) is 2. The van der Waals surface area contributed by atoms with Crippen LogP contribution in [0.15, 0.2) is 35.8 Å². The molecule has 0 spiro atoms. The minimum atomic E-state index is -0.131. The van der Waals surface area contributed by atoms with E-state index < -0.39 is 0 Å². The molecule has 2 aromatic rings. The fourth-order valence-electron chi connectivity index (χ4n) is 3.79. The fraction of sp³-hybridized carbons (Fsp3) is 0.429. The van der Waals surface area contributed by atoms with Gasteiger partial charge in [-0.1, -0.05) is 20.8 Å². The number of dihydropyridines is 1. The summed E-state index contributed by atoms with van der Waals surface area (Å²) < 4.78 is 0. The summed E-state index contributed by atoms with van der Waals surface area (Å²) in [6.07, 6.45) is 6.85. The summed E-state index contributed by atoms with van der Waals surface area (Å²) in [5.41, 5.74) is 10.1. The smallest absolute Gasteiger partial charge is 0.265 e. The molecule has 142 valence electrons. The van der Waals surface area contributed by atoms with Crippen LogP contribution in [-0.2, 0) is 12.8 Å². The number of aryl methyl sites for hydroxylation is 1. The standard InChI is InChI=1S/C21H26N4OS/c1-21(2,3)14-4-5-16-12(9-14)8-13-10-18(27-20(13)25-16)19(26)24-17-6-7-23-11-15(17)22/h6-8,10,14,23H,4-5,9,11,22H2,1-3H3,(H,24,26). The van der Waals surface area contributed by atoms with Gasteiger partial charge in [0.25, 0.3) is 5.91 Å².